The lowest BCUT2D eigenvalue weighted by atomic mass is 9.85. The first kappa shape index (κ1) is 32.0. The van der Waals surface area contributed by atoms with Gasteiger partial charge in [-0.3, -0.25) is 0 Å². The number of anilines is 3. The van der Waals surface area contributed by atoms with Gasteiger partial charge in [-0.25, -0.2) is 0 Å². The van der Waals surface area contributed by atoms with Gasteiger partial charge in [0, 0.05) is 21.8 Å². The van der Waals surface area contributed by atoms with Crippen LogP contribution in [0.3, 0.4) is 0 Å². The number of rotatable bonds is 6. The molecule has 2 heteroatoms. The van der Waals surface area contributed by atoms with E-state index in [1.807, 2.05) is 6.07 Å². The van der Waals surface area contributed by atoms with Gasteiger partial charge >= 0.3 is 0 Å². The average Bonchev–Trinajstić information content (AvgIpc) is 3.66. The van der Waals surface area contributed by atoms with Gasteiger partial charge in [0.25, 0.3) is 0 Å². The van der Waals surface area contributed by atoms with E-state index >= 15 is 0 Å². The lowest BCUT2D eigenvalue weighted by molar-refractivity contribution is 0.669. The summed E-state index contributed by atoms with van der Waals surface area (Å²) in [5.74, 6) is 0. The molecule has 11 aromatic rings. The van der Waals surface area contributed by atoms with Crippen LogP contribution in [0.2, 0.25) is 0 Å². The maximum absolute atomic E-state index is 6.79. The molecule has 56 heavy (non-hydrogen) atoms. The lowest BCUT2D eigenvalue weighted by Gasteiger charge is -2.28. The molecule has 262 valence electrons. The molecule has 2 nitrogen and oxygen atoms in total. The van der Waals surface area contributed by atoms with E-state index in [0.717, 1.165) is 44.4 Å². The van der Waals surface area contributed by atoms with Crippen LogP contribution in [0.4, 0.5) is 17.1 Å². The fourth-order valence-corrected chi connectivity index (χ4v) is 8.79. The molecule has 0 saturated carbocycles. The Kier molecular flexibility index (Phi) is 7.53. The topological polar surface area (TPSA) is 16.4 Å². The molecule has 0 unspecified atom stereocenters. The Balaban J connectivity index is 1.26. The van der Waals surface area contributed by atoms with Gasteiger partial charge in [-0.1, -0.05) is 182 Å². The van der Waals surface area contributed by atoms with Crippen LogP contribution in [0, 0.1) is 0 Å². The molecule has 0 saturated heterocycles. The average molecular weight is 714 g/mol. The van der Waals surface area contributed by atoms with Crippen LogP contribution >= 0.6 is 0 Å². The Morgan fingerprint density at radius 2 is 0.839 bits per heavy atom. The molecule has 0 amide bonds. The molecule has 0 aliphatic carbocycles. The van der Waals surface area contributed by atoms with Gasteiger partial charge in [0.15, 0.2) is 5.58 Å². The monoisotopic (exact) mass is 713 g/mol. The second-order valence-electron chi connectivity index (χ2n) is 14.4. The van der Waals surface area contributed by atoms with Crippen molar-refractivity contribution < 1.29 is 4.42 Å². The molecular weight excluding hydrogens is 679 g/mol. The highest BCUT2D eigenvalue weighted by Gasteiger charge is 2.24. The minimum atomic E-state index is 0.858. The Bertz CT molecular complexity index is 3240. The number of furan rings is 1. The van der Waals surface area contributed by atoms with Crippen molar-refractivity contribution in [3.8, 4) is 33.4 Å². The number of benzene rings is 10. The zero-order chi connectivity index (χ0) is 37.0. The summed E-state index contributed by atoms with van der Waals surface area (Å²) in [5.41, 5.74) is 12.1. The molecule has 0 aliphatic heterocycles. The molecule has 0 radical (unpaired) electrons. The van der Waals surface area contributed by atoms with E-state index in [-0.39, 0.29) is 0 Å². The summed E-state index contributed by atoms with van der Waals surface area (Å²) in [7, 11) is 0. The van der Waals surface area contributed by atoms with E-state index in [1.54, 1.807) is 0 Å². The van der Waals surface area contributed by atoms with E-state index in [2.05, 4.69) is 211 Å². The second-order valence-corrected chi connectivity index (χ2v) is 14.4. The third-order valence-corrected chi connectivity index (χ3v) is 11.2. The van der Waals surface area contributed by atoms with E-state index in [9.17, 15) is 0 Å². The standard InChI is InChI=1S/C54H35NO/c1-4-17-36(18-5-1)40-33-34-49(44-25-12-10-23-41(40)44)55(50-29-16-28-47-45-26-14-15-30-51(45)56-54(47)50)39-31-32-43-42-24-11-13-27-46(42)52(37-19-6-2-7-20-37)53(48(43)35-39)38-21-8-3-9-22-38/h1-35H. The molecule has 1 aromatic heterocycles. The Labute approximate surface area is 325 Å². The Morgan fingerprint density at radius 1 is 0.304 bits per heavy atom. The molecule has 0 aliphatic rings. The predicted octanol–water partition coefficient (Wildman–Crippen LogP) is 15.5. The predicted molar refractivity (Wildman–Crippen MR) is 237 cm³/mol. The summed E-state index contributed by atoms with van der Waals surface area (Å²) in [6.45, 7) is 0. The van der Waals surface area contributed by atoms with Crippen LogP contribution in [-0.4, -0.2) is 0 Å². The van der Waals surface area contributed by atoms with Crippen molar-refractivity contribution in [2.75, 3.05) is 4.90 Å². The van der Waals surface area contributed by atoms with Crippen LogP contribution in [0.15, 0.2) is 217 Å². The highest BCUT2D eigenvalue weighted by molar-refractivity contribution is 6.22. The second kappa shape index (κ2) is 13.2. The van der Waals surface area contributed by atoms with Gasteiger partial charge < -0.3 is 9.32 Å². The number of para-hydroxylation sites is 2. The van der Waals surface area contributed by atoms with Crippen molar-refractivity contribution in [1.82, 2.24) is 0 Å². The number of nitrogens with zero attached hydrogens (tertiary/aromatic N) is 1. The molecular formula is C54H35NO. The molecule has 0 fully saturated rings. The maximum Gasteiger partial charge on any atom is 0.159 e. The summed E-state index contributed by atoms with van der Waals surface area (Å²) in [6.07, 6.45) is 0. The van der Waals surface area contributed by atoms with Crippen LogP contribution in [0.1, 0.15) is 0 Å². The van der Waals surface area contributed by atoms with Crippen LogP contribution in [-0.2, 0) is 0 Å². The number of hydrogen-bond acceptors (Lipinski definition) is 2. The SMILES string of the molecule is c1ccc(-c2ccc(N(c3ccc4c(c3)c(-c3ccccc3)c(-c3ccccc3)c3ccccc34)c3cccc4c3oc3ccccc34)c3ccccc23)cc1. The quantitative estimate of drug-likeness (QED) is 0.160. The minimum Gasteiger partial charge on any atom is -0.454 e. The molecule has 0 atom stereocenters. The van der Waals surface area contributed by atoms with E-state index in [0.29, 0.717) is 0 Å². The van der Waals surface area contributed by atoms with Crippen molar-refractivity contribution >= 4 is 71.3 Å². The highest BCUT2D eigenvalue weighted by atomic mass is 16.3. The van der Waals surface area contributed by atoms with Crippen LogP contribution in [0.5, 0.6) is 0 Å². The minimum absolute atomic E-state index is 0.858. The van der Waals surface area contributed by atoms with Gasteiger partial charge in [-0.15, -0.1) is 0 Å². The highest BCUT2D eigenvalue weighted by Crippen LogP contribution is 2.49. The zero-order valence-corrected chi connectivity index (χ0v) is 30.6. The van der Waals surface area contributed by atoms with Crippen molar-refractivity contribution in [2.45, 2.75) is 0 Å². The Hall–Kier alpha value is -7.42. The van der Waals surface area contributed by atoms with Crippen LogP contribution in [0.25, 0.3) is 87.6 Å². The molecule has 0 bridgehead atoms. The summed E-state index contributed by atoms with van der Waals surface area (Å²) < 4.78 is 6.79. The number of hydrogen-bond donors (Lipinski definition) is 0. The number of fused-ring (bicyclic) bond motifs is 7. The van der Waals surface area contributed by atoms with E-state index in [4.69, 9.17) is 4.42 Å². The summed E-state index contributed by atoms with van der Waals surface area (Å²) in [5, 5.41) is 9.44. The first-order chi connectivity index (χ1) is 27.8. The van der Waals surface area contributed by atoms with Gasteiger partial charge in [0.1, 0.15) is 5.58 Å². The van der Waals surface area contributed by atoms with E-state index < -0.39 is 0 Å². The summed E-state index contributed by atoms with van der Waals surface area (Å²) >= 11 is 0. The van der Waals surface area contributed by atoms with Crippen molar-refractivity contribution in [1.29, 1.82) is 0 Å². The molecule has 11 rings (SSSR count). The van der Waals surface area contributed by atoms with Crippen LogP contribution < -0.4 is 4.90 Å². The molecule has 1 heterocycles. The van der Waals surface area contributed by atoms with Gasteiger partial charge in [-0.05, 0) is 90.6 Å². The summed E-state index contributed by atoms with van der Waals surface area (Å²) in [6, 6.07) is 76.4. The Morgan fingerprint density at radius 3 is 1.55 bits per heavy atom. The smallest absolute Gasteiger partial charge is 0.159 e. The fraction of sp³-hybridized carbons (Fsp3) is 0. The molecule has 0 spiro atoms. The van der Waals surface area contributed by atoms with Gasteiger partial charge in [0.2, 0.25) is 0 Å². The lowest BCUT2D eigenvalue weighted by Crippen LogP contribution is -2.11. The first-order valence-corrected chi connectivity index (χ1v) is 19.2. The van der Waals surface area contributed by atoms with Crippen molar-refractivity contribution in [3.05, 3.63) is 212 Å². The van der Waals surface area contributed by atoms with Crippen molar-refractivity contribution in [2.24, 2.45) is 0 Å². The zero-order valence-electron chi connectivity index (χ0n) is 30.6. The first-order valence-electron chi connectivity index (χ1n) is 19.2. The maximum atomic E-state index is 6.79. The van der Waals surface area contributed by atoms with E-state index in [1.165, 1.54) is 60.3 Å². The van der Waals surface area contributed by atoms with Crippen molar-refractivity contribution in [3.63, 3.8) is 0 Å². The third-order valence-electron chi connectivity index (χ3n) is 11.2. The third kappa shape index (κ3) is 5.11. The summed E-state index contributed by atoms with van der Waals surface area (Å²) in [4.78, 5) is 2.41. The molecule has 10 aromatic carbocycles. The fourth-order valence-electron chi connectivity index (χ4n) is 8.79. The van der Waals surface area contributed by atoms with Gasteiger partial charge in [-0.2, -0.15) is 0 Å². The molecule has 0 N–H and O–H groups in total. The largest absolute Gasteiger partial charge is 0.454 e. The normalized spacial score (nSPS) is 11.6. The van der Waals surface area contributed by atoms with Gasteiger partial charge in [0.05, 0.1) is 11.4 Å².